The minimum absolute atomic E-state index is 0.291. The number of thiophene rings is 1. The molecule has 0 radical (unpaired) electrons. The van der Waals surface area contributed by atoms with Gasteiger partial charge in [0, 0.05) is 31.4 Å². The van der Waals surface area contributed by atoms with Gasteiger partial charge in [-0.2, -0.15) is 10.1 Å². The minimum Gasteiger partial charge on any atom is -0.366 e. The molecular formula is C15H19N7S. The maximum absolute atomic E-state index is 6.01. The van der Waals surface area contributed by atoms with Crippen LogP contribution < -0.4 is 16.4 Å². The summed E-state index contributed by atoms with van der Waals surface area (Å²) in [5, 5.41) is 13.1. The van der Waals surface area contributed by atoms with E-state index in [1.54, 1.807) is 16.0 Å². The number of anilines is 3. The zero-order chi connectivity index (χ0) is 15.8. The Morgan fingerprint density at radius 3 is 2.96 bits per heavy atom. The van der Waals surface area contributed by atoms with Gasteiger partial charge in [-0.3, -0.25) is 4.68 Å². The summed E-state index contributed by atoms with van der Waals surface area (Å²) in [5.74, 6) is 2.16. The van der Waals surface area contributed by atoms with Crippen molar-refractivity contribution in [1.29, 1.82) is 0 Å². The number of nitrogens with one attached hydrogen (secondary N) is 2. The first-order valence-electron chi connectivity index (χ1n) is 7.71. The minimum atomic E-state index is 0.291. The molecule has 3 aromatic heterocycles. The third-order valence-electron chi connectivity index (χ3n) is 4.07. The molecule has 23 heavy (non-hydrogen) atoms. The van der Waals surface area contributed by atoms with Crippen LogP contribution in [0, 0.1) is 0 Å². The molecule has 4 N–H and O–H groups in total. The average Bonchev–Trinajstić information content (AvgIpc) is 3.22. The van der Waals surface area contributed by atoms with E-state index >= 15 is 0 Å². The Morgan fingerprint density at radius 2 is 2.22 bits per heavy atom. The predicted octanol–water partition coefficient (Wildman–Crippen LogP) is 2.46. The lowest BCUT2D eigenvalue weighted by atomic mass is 10.2. The lowest BCUT2D eigenvalue weighted by molar-refractivity contribution is 0.687. The van der Waals surface area contributed by atoms with Crippen LogP contribution in [-0.4, -0.2) is 31.8 Å². The number of fused-ring (bicyclic) bond motifs is 1. The molecule has 4 rings (SSSR count). The second-order valence-electron chi connectivity index (χ2n) is 5.94. The van der Waals surface area contributed by atoms with Crippen molar-refractivity contribution in [2.75, 3.05) is 10.6 Å². The maximum Gasteiger partial charge on any atom is 0.231 e. The van der Waals surface area contributed by atoms with Crippen molar-refractivity contribution in [3.63, 3.8) is 0 Å². The Hall–Kier alpha value is -2.19. The van der Waals surface area contributed by atoms with E-state index in [4.69, 9.17) is 5.73 Å². The molecule has 1 aliphatic carbocycles. The highest BCUT2D eigenvalue weighted by molar-refractivity contribution is 7.17. The summed E-state index contributed by atoms with van der Waals surface area (Å²) in [5.41, 5.74) is 6.95. The van der Waals surface area contributed by atoms with Gasteiger partial charge < -0.3 is 16.4 Å². The number of aryl methyl sites for hydroxylation is 1. The Labute approximate surface area is 137 Å². The van der Waals surface area contributed by atoms with Crippen LogP contribution in [0.3, 0.4) is 0 Å². The third kappa shape index (κ3) is 2.99. The maximum atomic E-state index is 6.01. The van der Waals surface area contributed by atoms with Gasteiger partial charge in [-0.05, 0) is 30.7 Å². The van der Waals surface area contributed by atoms with Crippen molar-refractivity contribution < 1.29 is 0 Å². The van der Waals surface area contributed by atoms with E-state index in [1.165, 1.54) is 0 Å². The zero-order valence-electron chi connectivity index (χ0n) is 12.9. The second kappa shape index (κ2) is 5.78. The van der Waals surface area contributed by atoms with Gasteiger partial charge in [-0.1, -0.05) is 0 Å². The van der Waals surface area contributed by atoms with E-state index in [2.05, 4.69) is 25.7 Å². The lowest BCUT2D eigenvalue weighted by Gasteiger charge is -2.14. The Kier molecular flexibility index (Phi) is 3.62. The molecule has 0 spiro atoms. The van der Waals surface area contributed by atoms with Gasteiger partial charge in [-0.25, -0.2) is 4.98 Å². The summed E-state index contributed by atoms with van der Waals surface area (Å²) in [7, 11) is 1.88. The number of aromatic nitrogens is 4. The fraction of sp³-hybridized carbons (Fsp3) is 0.400. The van der Waals surface area contributed by atoms with E-state index < -0.39 is 0 Å². The highest BCUT2D eigenvalue weighted by Crippen LogP contribution is 2.30. The number of hydrogen-bond donors (Lipinski definition) is 3. The Morgan fingerprint density at radius 1 is 1.30 bits per heavy atom. The molecule has 3 aromatic rings. The number of nitrogens with zero attached hydrogens (tertiary/aromatic N) is 4. The third-order valence-corrected chi connectivity index (χ3v) is 4.98. The van der Waals surface area contributed by atoms with Crippen molar-refractivity contribution in [3.8, 4) is 0 Å². The van der Waals surface area contributed by atoms with E-state index in [0.717, 1.165) is 41.1 Å². The first-order valence-corrected chi connectivity index (χ1v) is 8.59. The fourth-order valence-corrected chi connectivity index (χ4v) is 3.74. The summed E-state index contributed by atoms with van der Waals surface area (Å²) < 4.78 is 2.82. The molecule has 0 aliphatic heterocycles. The topological polar surface area (TPSA) is 93.7 Å². The SMILES string of the molecule is Cn1ccc(Nc2nc(N[C@H]3CC[C@H](N)C3)c3sccc3n2)n1. The van der Waals surface area contributed by atoms with Crippen molar-refractivity contribution in [2.24, 2.45) is 12.8 Å². The quantitative estimate of drug-likeness (QED) is 0.681. The highest BCUT2D eigenvalue weighted by Gasteiger charge is 2.23. The van der Waals surface area contributed by atoms with E-state index in [0.29, 0.717) is 18.0 Å². The number of hydrogen-bond acceptors (Lipinski definition) is 7. The van der Waals surface area contributed by atoms with Gasteiger partial charge in [-0.15, -0.1) is 11.3 Å². The van der Waals surface area contributed by atoms with Crippen LogP contribution >= 0.6 is 11.3 Å². The fourth-order valence-electron chi connectivity index (χ4n) is 2.95. The summed E-state index contributed by atoms with van der Waals surface area (Å²) >= 11 is 1.65. The molecule has 2 atom stereocenters. The normalized spacial score (nSPS) is 21.0. The largest absolute Gasteiger partial charge is 0.366 e. The molecule has 3 heterocycles. The lowest BCUT2D eigenvalue weighted by Crippen LogP contribution is -2.21. The van der Waals surface area contributed by atoms with E-state index in [9.17, 15) is 0 Å². The average molecular weight is 329 g/mol. The molecular weight excluding hydrogens is 310 g/mol. The van der Waals surface area contributed by atoms with Crippen LogP contribution in [0.4, 0.5) is 17.6 Å². The van der Waals surface area contributed by atoms with Crippen molar-refractivity contribution in [3.05, 3.63) is 23.7 Å². The standard InChI is InChI=1S/C15H19N7S/c1-22-6-4-12(21-22)19-15-18-11-5-7-23-13(11)14(20-15)17-10-3-2-9(16)8-10/h4-7,9-10H,2-3,8,16H2,1H3,(H2,17,18,19,20,21)/t9-,10-/m0/s1. The number of nitrogens with two attached hydrogens (primary N) is 1. The van der Waals surface area contributed by atoms with Crippen LogP contribution in [0.25, 0.3) is 10.2 Å². The van der Waals surface area contributed by atoms with Crippen LogP contribution in [-0.2, 0) is 7.05 Å². The molecule has 0 unspecified atom stereocenters. The molecule has 7 nitrogen and oxygen atoms in total. The Bertz CT molecular complexity index is 824. The van der Waals surface area contributed by atoms with Crippen LogP contribution in [0.15, 0.2) is 23.7 Å². The Balaban J connectivity index is 1.64. The van der Waals surface area contributed by atoms with Gasteiger partial charge in [0.2, 0.25) is 5.95 Å². The molecule has 1 aliphatic rings. The summed E-state index contributed by atoms with van der Waals surface area (Å²) in [6, 6.07) is 4.58. The molecule has 0 saturated heterocycles. The molecule has 0 aromatic carbocycles. The van der Waals surface area contributed by atoms with Gasteiger partial charge in [0.05, 0.1) is 10.2 Å². The van der Waals surface area contributed by atoms with Gasteiger partial charge in [0.25, 0.3) is 0 Å². The molecule has 0 amide bonds. The van der Waals surface area contributed by atoms with Crippen molar-refractivity contribution in [2.45, 2.75) is 31.3 Å². The predicted molar refractivity (Wildman–Crippen MR) is 93.1 cm³/mol. The molecule has 120 valence electrons. The van der Waals surface area contributed by atoms with Crippen molar-refractivity contribution >= 4 is 39.1 Å². The van der Waals surface area contributed by atoms with Crippen molar-refractivity contribution in [1.82, 2.24) is 19.7 Å². The summed E-state index contributed by atoms with van der Waals surface area (Å²) in [6.07, 6.45) is 5.01. The van der Waals surface area contributed by atoms with Crippen LogP contribution in [0.2, 0.25) is 0 Å². The second-order valence-corrected chi connectivity index (χ2v) is 6.86. The van der Waals surface area contributed by atoms with E-state index in [-0.39, 0.29) is 0 Å². The smallest absolute Gasteiger partial charge is 0.231 e. The first kappa shape index (κ1) is 14.4. The monoisotopic (exact) mass is 329 g/mol. The number of rotatable bonds is 4. The molecule has 1 saturated carbocycles. The van der Waals surface area contributed by atoms with Gasteiger partial charge in [0.1, 0.15) is 5.82 Å². The first-order chi connectivity index (χ1) is 11.2. The van der Waals surface area contributed by atoms with Crippen LogP contribution in [0.1, 0.15) is 19.3 Å². The highest BCUT2D eigenvalue weighted by atomic mass is 32.1. The van der Waals surface area contributed by atoms with E-state index in [1.807, 2.05) is 30.8 Å². The molecule has 1 fully saturated rings. The molecule has 0 bridgehead atoms. The van der Waals surface area contributed by atoms with Gasteiger partial charge >= 0.3 is 0 Å². The zero-order valence-corrected chi connectivity index (χ0v) is 13.7. The summed E-state index contributed by atoms with van der Waals surface area (Å²) in [6.45, 7) is 0. The van der Waals surface area contributed by atoms with Crippen LogP contribution in [0.5, 0.6) is 0 Å². The van der Waals surface area contributed by atoms with Gasteiger partial charge in [0.15, 0.2) is 5.82 Å². The summed E-state index contributed by atoms with van der Waals surface area (Å²) in [4.78, 5) is 9.22. The molecule has 8 heteroatoms.